The lowest BCUT2D eigenvalue weighted by Crippen LogP contribution is -2.55. The van der Waals surface area contributed by atoms with Crippen LogP contribution in [0.2, 0.25) is 5.02 Å². The van der Waals surface area contributed by atoms with E-state index in [1.165, 1.54) is 37.4 Å². The minimum atomic E-state index is -4.40. The number of carboxylic acids is 1. The average molecular weight is 509 g/mol. The highest BCUT2D eigenvalue weighted by Gasteiger charge is 2.43. The van der Waals surface area contributed by atoms with Crippen LogP contribution in [-0.2, 0) is 14.8 Å². The number of sulfonamides is 1. The second-order valence-corrected chi connectivity index (χ2v) is 11.1. The summed E-state index contributed by atoms with van der Waals surface area (Å²) >= 11 is 6.10. The fourth-order valence-corrected chi connectivity index (χ4v) is 5.83. The van der Waals surface area contributed by atoms with Crippen molar-refractivity contribution in [3.63, 3.8) is 0 Å². The van der Waals surface area contributed by atoms with Gasteiger partial charge in [0.15, 0.2) is 4.90 Å². The van der Waals surface area contributed by atoms with Crippen LogP contribution in [0, 0.1) is 26.9 Å². The molecule has 0 amide bonds. The molecule has 2 N–H and O–H groups in total. The molecule has 34 heavy (non-hydrogen) atoms. The van der Waals surface area contributed by atoms with Gasteiger partial charge in [-0.15, -0.1) is 0 Å². The van der Waals surface area contributed by atoms with Crippen molar-refractivity contribution in [3.05, 3.63) is 63.2 Å². The highest BCUT2D eigenvalue weighted by molar-refractivity contribution is 7.89. The Bertz CT molecular complexity index is 1240. The summed E-state index contributed by atoms with van der Waals surface area (Å²) < 4.78 is 28.0. The topological polar surface area (TPSA) is 154 Å². The van der Waals surface area contributed by atoms with E-state index in [-0.39, 0.29) is 10.6 Å². The number of nitro benzene ring substituents is 1. The van der Waals surface area contributed by atoms with Crippen molar-refractivity contribution in [1.29, 1.82) is 5.26 Å². The number of likely N-dealkylation sites (N-methyl/N-ethyl adjacent to an activating group) is 1. The molecule has 2 atom stereocenters. The fraction of sp³-hybridized carbons (Fsp3) is 0.364. The summed E-state index contributed by atoms with van der Waals surface area (Å²) in [6.07, 6.45) is -0.462. The van der Waals surface area contributed by atoms with Gasteiger partial charge in [0.05, 0.1) is 34.0 Å². The lowest BCUT2D eigenvalue weighted by molar-refractivity contribution is -0.387. The average Bonchev–Trinajstić information content (AvgIpc) is 2.72. The molecule has 182 valence electrons. The molecule has 2 aromatic rings. The molecule has 0 bridgehead atoms. The zero-order chi connectivity index (χ0) is 25.8. The Balaban J connectivity index is 2.60. The van der Waals surface area contributed by atoms with E-state index < -0.39 is 55.4 Å². The van der Waals surface area contributed by atoms with E-state index in [0.29, 0.717) is 5.69 Å². The van der Waals surface area contributed by atoms with Crippen LogP contribution in [0.25, 0.3) is 0 Å². The predicted molar refractivity (Wildman–Crippen MR) is 127 cm³/mol. The molecule has 2 rings (SSSR count). The Kier molecular flexibility index (Phi) is 8.26. The normalized spacial score (nSPS) is 13.7. The molecule has 12 heteroatoms. The van der Waals surface area contributed by atoms with Crippen molar-refractivity contribution < 1.29 is 23.2 Å². The number of nitrogens with zero attached hydrogens (tertiary/aromatic N) is 3. The minimum Gasteiger partial charge on any atom is -0.481 e. The standard InChI is InChI=1S/C22H25ClN4O6S/c1-22(2,3)21(26(4)34(32,33)19-8-6-5-7-18(19)27(30)31)17(12-20(28)29)25-15-10-9-14(13-24)16(23)11-15/h5-11,17,21,25H,12H2,1-4H3,(H,28,29)/t17-,21?/m0/s1. The first-order chi connectivity index (χ1) is 15.7. The Morgan fingerprint density at radius 1 is 1.29 bits per heavy atom. The third-order valence-electron chi connectivity index (χ3n) is 5.22. The van der Waals surface area contributed by atoms with Crippen molar-refractivity contribution in [2.75, 3.05) is 12.4 Å². The third kappa shape index (κ3) is 6.02. The number of nitrogens with one attached hydrogen (secondary N) is 1. The number of anilines is 1. The Morgan fingerprint density at radius 3 is 2.41 bits per heavy atom. The maximum absolute atomic E-state index is 13.5. The Morgan fingerprint density at radius 2 is 1.91 bits per heavy atom. The molecule has 0 aliphatic carbocycles. The summed E-state index contributed by atoms with van der Waals surface area (Å²) in [6, 6.07) is 9.45. The third-order valence-corrected chi connectivity index (χ3v) is 7.41. The van der Waals surface area contributed by atoms with E-state index in [2.05, 4.69) is 5.32 Å². The number of para-hydroxylation sites is 1. The molecule has 0 fully saturated rings. The first-order valence-electron chi connectivity index (χ1n) is 10.1. The zero-order valence-electron chi connectivity index (χ0n) is 19.0. The number of benzene rings is 2. The van der Waals surface area contributed by atoms with Crippen LogP contribution in [-0.4, -0.2) is 47.9 Å². The summed E-state index contributed by atoms with van der Waals surface area (Å²) in [7, 11) is -3.13. The molecule has 1 unspecified atom stereocenters. The highest BCUT2D eigenvalue weighted by atomic mass is 35.5. The van der Waals surface area contributed by atoms with Crippen LogP contribution in [0.4, 0.5) is 11.4 Å². The van der Waals surface area contributed by atoms with E-state index in [1.807, 2.05) is 6.07 Å². The number of carboxylic acid groups (broad SMARTS) is 1. The molecule has 0 aliphatic heterocycles. The van der Waals surface area contributed by atoms with Crippen LogP contribution in [0.5, 0.6) is 0 Å². The largest absolute Gasteiger partial charge is 0.481 e. The van der Waals surface area contributed by atoms with Gasteiger partial charge >= 0.3 is 5.97 Å². The van der Waals surface area contributed by atoms with Crippen LogP contribution in [0.1, 0.15) is 32.8 Å². The summed E-state index contributed by atoms with van der Waals surface area (Å²) in [5, 5.41) is 33.3. The molecule has 0 radical (unpaired) electrons. The lowest BCUT2D eigenvalue weighted by atomic mass is 9.81. The second-order valence-electron chi connectivity index (χ2n) is 8.71. The number of hydrogen-bond acceptors (Lipinski definition) is 7. The number of halogens is 1. The maximum Gasteiger partial charge on any atom is 0.305 e. The fourth-order valence-electron chi connectivity index (χ4n) is 3.87. The van der Waals surface area contributed by atoms with E-state index in [1.54, 1.807) is 20.8 Å². The van der Waals surface area contributed by atoms with Gasteiger partial charge in [0.25, 0.3) is 5.69 Å². The smallest absolute Gasteiger partial charge is 0.305 e. The van der Waals surface area contributed by atoms with E-state index >= 15 is 0 Å². The van der Waals surface area contributed by atoms with E-state index in [4.69, 9.17) is 16.9 Å². The van der Waals surface area contributed by atoms with E-state index in [9.17, 15) is 28.4 Å². The minimum absolute atomic E-state index is 0.148. The predicted octanol–water partition coefficient (Wildman–Crippen LogP) is 4.11. The molecule has 2 aromatic carbocycles. The molecule has 0 spiro atoms. The first kappa shape index (κ1) is 27.0. The molecule has 0 heterocycles. The highest BCUT2D eigenvalue weighted by Crippen LogP contribution is 2.35. The van der Waals surface area contributed by atoms with Gasteiger partial charge in [0, 0.05) is 18.8 Å². The molecule has 0 aromatic heterocycles. The van der Waals surface area contributed by atoms with Gasteiger partial charge in [-0.3, -0.25) is 14.9 Å². The summed E-state index contributed by atoms with van der Waals surface area (Å²) in [5.74, 6) is -1.18. The van der Waals surface area contributed by atoms with Gasteiger partial charge in [-0.05, 0) is 29.7 Å². The maximum atomic E-state index is 13.5. The van der Waals surface area contributed by atoms with Crippen LogP contribution in [0.15, 0.2) is 47.4 Å². The first-order valence-corrected chi connectivity index (χ1v) is 11.9. The molecular weight excluding hydrogens is 484 g/mol. The number of rotatable bonds is 9. The van der Waals surface area contributed by atoms with Crippen LogP contribution in [0.3, 0.4) is 0 Å². The molecule has 0 saturated heterocycles. The number of nitro groups is 1. The molecule has 0 saturated carbocycles. The van der Waals surface area contributed by atoms with Gasteiger partial charge in [0.1, 0.15) is 6.07 Å². The van der Waals surface area contributed by atoms with Crippen LogP contribution >= 0.6 is 11.6 Å². The van der Waals surface area contributed by atoms with Crippen molar-refractivity contribution >= 4 is 39.0 Å². The van der Waals surface area contributed by atoms with Gasteiger partial charge in [-0.1, -0.05) is 44.5 Å². The Labute approximate surface area is 203 Å². The van der Waals surface area contributed by atoms with Crippen LogP contribution < -0.4 is 5.32 Å². The second kappa shape index (κ2) is 10.4. The van der Waals surface area contributed by atoms with Crippen molar-refractivity contribution in [1.82, 2.24) is 4.31 Å². The zero-order valence-corrected chi connectivity index (χ0v) is 20.6. The number of aliphatic carboxylic acids is 1. The summed E-state index contributed by atoms with van der Waals surface area (Å²) in [6.45, 7) is 5.22. The van der Waals surface area contributed by atoms with Crippen molar-refractivity contribution in [2.24, 2.45) is 5.41 Å². The Hall–Kier alpha value is -3.20. The summed E-state index contributed by atoms with van der Waals surface area (Å²) in [4.78, 5) is 21.9. The van der Waals surface area contributed by atoms with Crippen molar-refractivity contribution in [3.8, 4) is 6.07 Å². The van der Waals surface area contributed by atoms with E-state index in [0.717, 1.165) is 16.4 Å². The van der Waals surface area contributed by atoms with Gasteiger partial charge in [-0.2, -0.15) is 9.57 Å². The molecule has 10 nitrogen and oxygen atoms in total. The number of hydrogen-bond donors (Lipinski definition) is 2. The van der Waals surface area contributed by atoms with Crippen molar-refractivity contribution in [2.45, 2.75) is 44.2 Å². The SMILES string of the molecule is CN(C([C@H](CC(=O)O)Nc1ccc(C#N)c(Cl)c1)C(C)(C)C)S(=O)(=O)c1ccccc1[N+](=O)[O-]. The quantitative estimate of drug-likeness (QED) is 0.379. The van der Waals surface area contributed by atoms with Gasteiger partial charge in [-0.25, -0.2) is 8.42 Å². The molecule has 0 aliphatic rings. The summed E-state index contributed by atoms with van der Waals surface area (Å²) in [5.41, 5.74) is -0.760. The van der Waals surface area contributed by atoms with Gasteiger partial charge in [0.2, 0.25) is 10.0 Å². The monoisotopic (exact) mass is 508 g/mol. The number of nitriles is 1. The van der Waals surface area contributed by atoms with Gasteiger partial charge < -0.3 is 10.4 Å². The molecular formula is C22H25ClN4O6S. The lowest BCUT2D eigenvalue weighted by Gasteiger charge is -2.42. The number of carbonyl (C=O) groups is 1.